The van der Waals surface area contributed by atoms with E-state index < -0.39 is 0 Å². The molecular formula is C27H56N4. The molecule has 0 aromatic heterocycles. The lowest BCUT2D eigenvalue weighted by atomic mass is 9.78. The molecule has 31 heavy (non-hydrogen) atoms. The van der Waals surface area contributed by atoms with Crippen LogP contribution in [-0.2, 0) is 0 Å². The molecule has 4 nitrogen and oxygen atoms in total. The fourth-order valence-electron chi connectivity index (χ4n) is 6.91. The summed E-state index contributed by atoms with van der Waals surface area (Å²) in [4.78, 5) is 2.79. The van der Waals surface area contributed by atoms with E-state index in [-0.39, 0.29) is 22.2 Å². The van der Waals surface area contributed by atoms with Crippen molar-refractivity contribution in [2.24, 2.45) is 0 Å². The average molecular weight is 437 g/mol. The van der Waals surface area contributed by atoms with Crippen molar-refractivity contribution < 1.29 is 0 Å². The van der Waals surface area contributed by atoms with Crippen molar-refractivity contribution in [2.75, 3.05) is 13.1 Å². The molecule has 0 aromatic rings. The van der Waals surface area contributed by atoms with Gasteiger partial charge >= 0.3 is 0 Å². The van der Waals surface area contributed by atoms with Gasteiger partial charge in [0.2, 0.25) is 0 Å². The molecule has 0 spiro atoms. The van der Waals surface area contributed by atoms with Crippen LogP contribution in [0.2, 0.25) is 0 Å². The molecule has 3 N–H and O–H groups in total. The third kappa shape index (κ3) is 9.31. The van der Waals surface area contributed by atoms with Crippen LogP contribution in [0, 0.1) is 0 Å². The second-order valence-corrected chi connectivity index (χ2v) is 13.7. The fraction of sp³-hybridized carbons (Fsp3) is 1.00. The van der Waals surface area contributed by atoms with Crippen LogP contribution in [0.1, 0.15) is 121 Å². The first kappa shape index (κ1) is 27.1. The van der Waals surface area contributed by atoms with Crippen molar-refractivity contribution >= 4 is 0 Å². The molecule has 4 heteroatoms. The predicted octanol–water partition coefficient (Wildman–Crippen LogP) is 5.47. The monoisotopic (exact) mass is 436 g/mol. The second-order valence-electron chi connectivity index (χ2n) is 13.7. The lowest BCUT2D eigenvalue weighted by Crippen LogP contribution is -2.63. The van der Waals surface area contributed by atoms with Gasteiger partial charge in [-0.25, -0.2) is 0 Å². The molecule has 2 aliphatic heterocycles. The molecule has 0 atom stereocenters. The number of hydrogen-bond donors (Lipinski definition) is 3. The van der Waals surface area contributed by atoms with Gasteiger partial charge in [-0.1, -0.05) is 12.8 Å². The third-order valence-electron chi connectivity index (χ3n) is 7.27. The van der Waals surface area contributed by atoms with E-state index in [9.17, 15) is 0 Å². The Morgan fingerprint density at radius 3 is 1.65 bits per heavy atom. The van der Waals surface area contributed by atoms with Crippen LogP contribution in [0.4, 0.5) is 0 Å². The predicted molar refractivity (Wildman–Crippen MR) is 137 cm³/mol. The van der Waals surface area contributed by atoms with Crippen LogP contribution in [-0.4, -0.2) is 58.3 Å². The van der Waals surface area contributed by atoms with Crippen LogP contribution >= 0.6 is 0 Å². The second kappa shape index (κ2) is 10.4. The maximum Gasteiger partial charge on any atom is 0.0145 e. The molecule has 184 valence electrons. The van der Waals surface area contributed by atoms with E-state index in [1.165, 1.54) is 64.5 Å². The van der Waals surface area contributed by atoms with E-state index in [0.717, 1.165) is 0 Å². The molecule has 0 radical (unpaired) electrons. The number of piperidine rings is 2. The Morgan fingerprint density at radius 1 is 0.710 bits per heavy atom. The molecule has 2 heterocycles. The SMILES string of the molecule is CC(C)N(CCCCCCNC1CC(C)(C)NC(C)(C)C1)C1CC(C)(C)NC(C)(C)C1. The Morgan fingerprint density at radius 2 is 1.16 bits per heavy atom. The maximum atomic E-state index is 3.86. The summed E-state index contributed by atoms with van der Waals surface area (Å²) in [6.45, 7) is 26.0. The number of rotatable bonds is 10. The van der Waals surface area contributed by atoms with Gasteiger partial charge in [0.05, 0.1) is 0 Å². The first-order valence-corrected chi connectivity index (χ1v) is 13.2. The first-order chi connectivity index (χ1) is 14.1. The third-order valence-corrected chi connectivity index (χ3v) is 7.27. The fourth-order valence-corrected chi connectivity index (χ4v) is 6.91. The molecule has 2 aliphatic rings. The van der Waals surface area contributed by atoms with E-state index in [4.69, 9.17) is 0 Å². The average Bonchev–Trinajstić information content (AvgIpc) is 2.51. The maximum absolute atomic E-state index is 3.86. The van der Waals surface area contributed by atoms with Gasteiger partial charge in [-0.2, -0.15) is 0 Å². The summed E-state index contributed by atoms with van der Waals surface area (Å²) in [5, 5.41) is 11.5. The zero-order valence-electron chi connectivity index (χ0n) is 22.8. The van der Waals surface area contributed by atoms with E-state index in [0.29, 0.717) is 18.1 Å². The zero-order chi connectivity index (χ0) is 23.5. The largest absolute Gasteiger partial charge is 0.314 e. The lowest BCUT2D eigenvalue weighted by Gasteiger charge is -2.50. The van der Waals surface area contributed by atoms with Gasteiger partial charge in [0.1, 0.15) is 0 Å². The Balaban J connectivity index is 1.69. The molecule has 2 fully saturated rings. The normalized spacial score (nSPS) is 25.9. The molecule has 0 unspecified atom stereocenters. The van der Waals surface area contributed by atoms with Gasteiger partial charge in [-0.3, -0.25) is 4.90 Å². The quantitative estimate of drug-likeness (QED) is 0.397. The highest BCUT2D eigenvalue weighted by molar-refractivity contribution is 5.01. The van der Waals surface area contributed by atoms with Crippen molar-refractivity contribution in [2.45, 2.75) is 161 Å². The molecule has 2 rings (SSSR count). The van der Waals surface area contributed by atoms with Crippen molar-refractivity contribution in [1.82, 2.24) is 20.9 Å². The van der Waals surface area contributed by atoms with E-state index in [1.807, 2.05) is 0 Å². The summed E-state index contributed by atoms with van der Waals surface area (Å²) in [5.74, 6) is 0. The number of hydrogen-bond acceptors (Lipinski definition) is 4. The van der Waals surface area contributed by atoms with Crippen LogP contribution in [0.15, 0.2) is 0 Å². The van der Waals surface area contributed by atoms with Crippen LogP contribution < -0.4 is 16.0 Å². The standard InChI is InChI=1S/C27H56N4/c1-21(2)31(23-19-26(7,8)30-27(9,10)20-23)16-14-12-11-13-15-28-22-17-24(3,4)29-25(5,6)18-22/h21-23,28-30H,11-20H2,1-10H3. The summed E-state index contributed by atoms with van der Waals surface area (Å²) in [6, 6.07) is 1.97. The molecule has 0 bridgehead atoms. The van der Waals surface area contributed by atoms with Gasteiger partial charge in [0.25, 0.3) is 0 Å². The van der Waals surface area contributed by atoms with E-state index in [2.05, 4.69) is 90.1 Å². The summed E-state index contributed by atoms with van der Waals surface area (Å²) in [6.07, 6.45) is 10.3. The summed E-state index contributed by atoms with van der Waals surface area (Å²) in [7, 11) is 0. The minimum atomic E-state index is 0.225. The number of nitrogens with zero attached hydrogens (tertiary/aromatic N) is 1. The first-order valence-electron chi connectivity index (χ1n) is 13.2. The number of nitrogens with one attached hydrogen (secondary N) is 3. The molecule has 0 saturated carbocycles. The topological polar surface area (TPSA) is 39.3 Å². The Bertz CT molecular complexity index is 517. The summed E-state index contributed by atoms with van der Waals surface area (Å²) in [5.41, 5.74) is 0.918. The van der Waals surface area contributed by atoms with Crippen LogP contribution in [0.3, 0.4) is 0 Å². The minimum Gasteiger partial charge on any atom is -0.314 e. The van der Waals surface area contributed by atoms with E-state index >= 15 is 0 Å². The highest BCUT2D eigenvalue weighted by Crippen LogP contribution is 2.33. The highest BCUT2D eigenvalue weighted by Gasteiger charge is 2.40. The van der Waals surface area contributed by atoms with Gasteiger partial charge < -0.3 is 16.0 Å². The van der Waals surface area contributed by atoms with Gasteiger partial charge in [-0.05, 0) is 121 Å². The molecule has 0 amide bonds. The Labute approximate surface area is 195 Å². The zero-order valence-corrected chi connectivity index (χ0v) is 22.8. The van der Waals surface area contributed by atoms with Crippen LogP contribution in [0.5, 0.6) is 0 Å². The highest BCUT2D eigenvalue weighted by atomic mass is 15.2. The summed E-state index contributed by atoms with van der Waals surface area (Å²) >= 11 is 0. The molecule has 2 saturated heterocycles. The smallest absolute Gasteiger partial charge is 0.0145 e. The van der Waals surface area contributed by atoms with Gasteiger partial charge in [-0.15, -0.1) is 0 Å². The molecule has 0 aliphatic carbocycles. The van der Waals surface area contributed by atoms with Crippen molar-refractivity contribution in [3.8, 4) is 0 Å². The minimum absolute atomic E-state index is 0.225. The lowest BCUT2D eigenvalue weighted by molar-refractivity contribution is 0.0466. The molecule has 0 aromatic carbocycles. The van der Waals surface area contributed by atoms with Crippen molar-refractivity contribution in [3.05, 3.63) is 0 Å². The Hall–Kier alpha value is -0.160. The van der Waals surface area contributed by atoms with Crippen LogP contribution in [0.25, 0.3) is 0 Å². The Kier molecular flexibility index (Phi) is 9.09. The van der Waals surface area contributed by atoms with Gasteiger partial charge in [0, 0.05) is 40.3 Å². The van der Waals surface area contributed by atoms with Crippen molar-refractivity contribution in [1.29, 1.82) is 0 Å². The molecular weight excluding hydrogens is 380 g/mol. The summed E-state index contributed by atoms with van der Waals surface area (Å²) < 4.78 is 0. The van der Waals surface area contributed by atoms with Gasteiger partial charge in [0.15, 0.2) is 0 Å². The number of unbranched alkanes of at least 4 members (excludes halogenated alkanes) is 3. The van der Waals surface area contributed by atoms with E-state index in [1.54, 1.807) is 0 Å². The van der Waals surface area contributed by atoms with Crippen molar-refractivity contribution in [3.63, 3.8) is 0 Å².